The Bertz CT molecular complexity index is 907. The number of likely N-dealkylation sites (N-methyl/N-ethyl adjacent to an activating group) is 1. The lowest BCUT2D eigenvalue weighted by Gasteiger charge is -2.36. The maximum Gasteiger partial charge on any atom is 0.165 e. The third kappa shape index (κ3) is 6.73. The van der Waals surface area contributed by atoms with Crippen molar-refractivity contribution in [2.45, 2.75) is 33.4 Å². The van der Waals surface area contributed by atoms with Gasteiger partial charge in [-0.3, -0.25) is 0 Å². The van der Waals surface area contributed by atoms with E-state index in [-0.39, 0.29) is 0 Å². The van der Waals surface area contributed by atoms with Gasteiger partial charge in [0.1, 0.15) is 0 Å². The fourth-order valence-electron chi connectivity index (χ4n) is 3.44. The summed E-state index contributed by atoms with van der Waals surface area (Å²) in [5, 5.41) is 22.2. The molecule has 0 aromatic heterocycles. The monoisotopic (exact) mass is 438 g/mol. The average Bonchev–Trinajstić information content (AvgIpc) is 2.79. The molecule has 0 spiro atoms. The fourth-order valence-corrected chi connectivity index (χ4v) is 3.44. The van der Waals surface area contributed by atoms with E-state index in [1.165, 1.54) is 0 Å². The Morgan fingerprint density at radius 3 is 2.50 bits per heavy atom. The summed E-state index contributed by atoms with van der Waals surface area (Å²) in [4.78, 5) is 4.52. The minimum Gasteiger partial charge on any atom is -0.399 e. The van der Waals surface area contributed by atoms with Crippen LogP contribution in [0.25, 0.3) is 0 Å². The standard InChI is InChI=1S/C25H38N6O/c1-5-8-9-18(6-2)10-11-21(27)19-16-23(29-25(32)20(26)7-3)24(17-22(19)28)31-14-12-30(4)13-15-31/h5,7-11,16-17,25,27,29,32H,6,12-15,26,28H2,1-4H3/b8-5-,11-10+,18-9+,20-7-,27-21?. The minimum atomic E-state index is -1.03. The van der Waals surface area contributed by atoms with Crippen LogP contribution >= 0.6 is 0 Å². The molecule has 2 rings (SSSR count). The number of aliphatic hydroxyl groups excluding tert-OH is 1. The lowest BCUT2D eigenvalue weighted by atomic mass is 10.0. The van der Waals surface area contributed by atoms with Gasteiger partial charge < -0.3 is 37.1 Å². The first-order valence-electron chi connectivity index (χ1n) is 11.1. The molecule has 0 amide bonds. The summed E-state index contributed by atoms with van der Waals surface area (Å²) >= 11 is 0. The van der Waals surface area contributed by atoms with Crippen LogP contribution in [-0.2, 0) is 0 Å². The van der Waals surface area contributed by atoms with Crippen molar-refractivity contribution in [1.82, 2.24) is 4.90 Å². The molecule has 1 aliphatic heterocycles. The number of allylic oxidation sites excluding steroid dienone is 7. The van der Waals surface area contributed by atoms with Crippen LogP contribution < -0.4 is 21.7 Å². The number of aliphatic hydroxyl groups is 1. The van der Waals surface area contributed by atoms with Crippen LogP contribution in [0, 0.1) is 5.41 Å². The van der Waals surface area contributed by atoms with Gasteiger partial charge in [0.25, 0.3) is 0 Å². The molecule has 0 aliphatic carbocycles. The molecule has 7 N–H and O–H groups in total. The molecule has 1 aromatic carbocycles. The van der Waals surface area contributed by atoms with Crippen molar-refractivity contribution in [2.24, 2.45) is 5.73 Å². The number of anilines is 3. The van der Waals surface area contributed by atoms with E-state index in [2.05, 4.69) is 29.1 Å². The maximum absolute atomic E-state index is 10.5. The second-order valence-corrected chi connectivity index (χ2v) is 7.95. The second-order valence-electron chi connectivity index (χ2n) is 7.95. The second kappa shape index (κ2) is 12.1. The molecule has 174 valence electrons. The third-order valence-electron chi connectivity index (χ3n) is 5.62. The highest BCUT2D eigenvalue weighted by Crippen LogP contribution is 2.33. The first kappa shape index (κ1) is 25.2. The summed E-state index contributed by atoms with van der Waals surface area (Å²) in [6.07, 6.45) is 11.2. The summed E-state index contributed by atoms with van der Waals surface area (Å²) in [5.41, 5.74) is 16.8. The number of nitrogens with two attached hydrogens (primary N) is 2. The zero-order chi connectivity index (χ0) is 23.7. The number of hydrogen-bond donors (Lipinski definition) is 5. The molecule has 1 unspecified atom stereocenters. The van der Waals surface area contributed by atoms with Crippen LogP contribution in [0.1, 0.15) is 32.8 Å². The number of nitrogens with zero attached hydrogens (tertiary/aromatic N) is 2. The Kier molecular flexibility index (Phi) is 9.56. The van der Waals surface area contributed by atoms with Gasteiger partial charge in [-0.15, -0.1) is 0 Å². The molecule has 1 fully saturated rings. The van der Waals surface area contributed by atoms with Crippen LogP contribution in [0.4, 0.5) is 17.1 Å². The van der Waals surface area contributed by atoms with Gasteiger partial charge in [0.2, 0.25) is 0 Å². The highest BCUT2D eigenvalue weighted by Gasteiger charge is 2.21. The van der Waals surface area contributed by atoms with E-state index in [1.54, 1.807) is 19.1 Å². The maximum atomic E-state index is 10.5. The van der Waals surface area contributed by atoms with Gasteiger partial charge in [0, 0.05) is 37.4 Å². The van der Waals surface area contributed by atoms with Gasteiger partial charge in [0.05, 0.1) is 22.8 Å². The normalized spacial score (nSPS) is 17.3. The smallest absolute Gasteiger partial charge is 0.165 e. The molecule has 32 heavy (non-hydrogen) atoms. The Labute approximate surface area is 192 Å². The number of rotatable bonds is 9. The SMILES string of the molecule is C\C=C/C=C(/C=C/C(=N)c1cc(NC(O)/C(N)=C/C)c(N2CCN(C)CC2)cc1N)CC. The zero-order valence-corrected chi connectivity index (χ0v) is 19.7. The lowest BCUT2D eigenvalue weighted by molar-refractivity contribution is 0.238. The van der Waals surface area contributed by atoms with E-state index in [4.69, 9.17) is 16.9 Å². The molecule has 0 bridgehead atoms. The third-order valence-corrected chi connectivity index (χ3v) is 5.62. The van der Waals surface area contributed by atoms with E-state index >= 15 is 0 Å². The average molecular weight is 439 g/mol. The first-order valence-corrected chi connectivity index (χ1v) is 11.1. The minimum absolute atomic E-state index is 0.309. The molecule has 1 aliphatic rings. The molecule has 1 atom stereocenters. The van der Waals surface area contributed by atoms with Crippen LogP contribution in [0.2, 0.25) is 0 Å². The Morgan fingerprint density at radius 1 is 1.22 bits per heavy atom. The van der Waals surface area contributed by atoms with Crippen LogP contribution in [-0.4, -0.2) is 55.2 Å². The van der Waals surface area contributed by atoms with Gasteiger partial charge in [-0.1, -0.05) is 37.3 Å². The number of piperazine rings is 1. The Balaban J connectivity index is 2.41. The number of hydrogen-bond acceptors (Lipinski definition) is 7. The topological polar surface area (TPSA) is 115 Å². The van der Waals surface area contributed by atoms with Crippen molar-refractivity contribution in [1.29, 1.82) is 5.41 Å². The Morgan fingerprint density at radius 2 is 1.91 bits per heavy atom. The molecule has 0 radical (unpaired) electrons. The molecule has 1 aromatic rings. The van der Waals surface area contributed by atoms with Crippen LogP contribution in [0.15, 0.2) is 59.9 Å². The van der Waals surface area contributed by atoms with E-state index in [1.807, 2.05) is 43.4 Å². The summed E-state index contributed by atoms with van der Waals surface area (Å²) in [6, 6.07) is 3.73. The molecule has 1 saturated heterocycles. The first-order chi connectivity index (χ1) is 15.3. The van der Waals surface area contributed by atoms with E-state index < -0.39 is 6.23 Å². The lowest BCUT2D eigenvalue weighted by Crippen LogP contribution is -2.45. The van der Waals surface area contributed by atoms with E-state index in [9.17, 15) is 5.11 Å². The summed E-state index contributed by atoms with van der Waals surface area (Å²) in [6.45, 7) is 9.43. The van der Waals surface area contributed by atoms with Crippen molar-refractivity contribution in [3.05, 3.63) is 65.4 Å². The van der Waals surface area contributed by atoms with Crippen molar-refractivity contribution in [2.75, 3.05) is 49.2 Å². The van der Waals surface area contributed by atoms with Crippen molar-refractivity contribution in [3.63, 3.8) is 0 Å². The zero-order valence-electron chi connectivity index (χ0n) is 19.7. The molecule has 7 heteroatoms. The largest absolute Gasteiger partial charge is 0.399 e. The van der Waals surface area contributed by atoms with Crippen molar-refractivity contribution < 1.29 is 5.11 Å². The Hall–Kier alpha value is -3.03. The summed E-state index contributed by atoms with van der Waals surface area (Å²) < 4.78 is 0. The molecular formula is C25H38N6O. The van der Waals surface area contributed by atoms with Gasteiger partial charge in [-0.25, -0.2) is 0 Å². The highest BCUT2D eigenvalue weighted by molar-refractivity contribution is 6.11. The predicted octanol–water partition coefficient (Wildman–Crippen LogP) is 3.45. The van der Waals surface area contributed by atoms with E-state index in [0.717, 1.165) is 43.9 Å². The van der Waals surface area contributed by atoms with Gasteiger partial charge in [0.15, 0.2) is 6.23 Å². The van der Waals surface area contributed by atoms with Gasteiger partial charge >= 0.3 is 0 Å². The summed E-state index contributed by atoms with van der Waals surface area (Å²) in [7, 11) is 2.10. The molecular weight excluding hydrogens is 400 g/mol. The van der Waals surface area contributed by atoms with Gasteiger partial charge in [-0.05, 0) is 51.1 Å². The van der Waals surface area contributed by atoms with Crippen LogP contribution in [0.5, 0.6) is 0 Å². The highest BCUT2D eigenvalue weighted by atomic mass is 16.3. The van der Waals surface area contributed by atoms with Crippen LogP contribution in [0.3, 0.4) is 0 Å². The molecule has 7 nitrogen and oxygen atoms in total. The van der Waals surface area contributed by atoms with Crippen molar-refractivity contribution >= 4 is 22.8 Å². The number of nitrogen functional groups attached to an aromatic ring is 1. The predicted molar refractivity (Wildman–Crippen MR) is 137 cm³/mol. The fraction of sp³-hybridized carbons (Fsp3) is 0.400. The van der Waals surface area contributed by atoms with Gasteiger partial charge in [-0.2, -0.15) is 0 Å². The number of nitrogens with one attached hydrogen (secondary N) is 2. The molecule has 0 saturated carbocycles. The van der Waals surface area contributed by atoms with Crippen molar-refractivity contribution in [3.8, 4) is 0 Å². The molecule has 1 heterocycles. The number of benzene rings is 1. The summed E-state index contributed by atoms with van der Waals surface area (Å²) in [5.74, 6) is 0. The van der Waals surface area contributed by atoms with E-state index in [0.29, 0.717) is 28.3 Å². The quantitative estimate of drug-likeness (QED) is 0.175.